The van der Waals surface area contributed by atoms with Crippen molar-refractivity contribution in [3.8, 4) is 0 Å². The predicted octanol–water partition coefficient (Wildman–Crippen LogP) is -0.462. The molecule has 0 aromatic carbocycles. The summed E-state index contributed by atoms with van der Waals surface area (Å²) in [5, 5.41) is 3.49. The van der Waals surface area contributed by atoms with Crippen LogP contribution in [0.15, 0.2) is 4.99 Å². The molecule has 0 aliphatic carbocycles. The van der Waals surface area contributed by atoms with Crippen LogP contribution in [-0.4, -0.2) is 61.1 Å². The molecule has 2 saturated heterocycles. The Kier molecular flexibility index (Phi) is 3.99. The van der Waals surface area contributed by atoms with Gasteiger partial charge in [-0.15, -0.1) is 0 Å². The number of nitrogens with one attached hydrogen (secondary N) is 1. The summed E-state index contributed by atoms with van der Waals surface area (Å²) in [4.78, 5) is 17.5. The molecule has 2 fully saturated rings. The highest BCUT2D eigenvalue weighted by Crippen LogP contribution is 2.08. The number of morpholine rings is 1. The highest BCUT2D eigenvalue weighted by molar-refractivity contribution is 8.15. The number of ether oxygens (including phenoxy) is 1. The lowest BCUT2D eigenvalue weighted by molar-refractivity contribution is -0.116. The van der Waals surface area contributed by atoms with Crippen molar-refractivity contribution in [1.82, 2.24) is 10.2 Å². The minimum Gasteiger partial charge on any atom is -0.379 e. The van der Waals surface area contributed by atoms with Crippen LogP contribution in [0.1, 0.15) is 0 Å². The summed E-state index contributed by atoms with van der Waals surface area (Å²) in [5.74, 6) is 0.571. The van der Waals surface area contributed by atoms with Gasteiger partial charge in [-0.25, -0.2) is 0 Å². The summed E-state index contributed by atoms with van der Waals surface area (Å²) in [5.41, 5.74) is 0. The van der Waals surface area contributed by atoms with Gasteiger partial charge in [-0.3, -0.25) is 14.7 Å². The highest BCUT2D eigenvalue weighted by atomic mass is 32.2. The highest BCUT2D eigenvalue weighted by Gasteiger charge is 2.16. The smallest absolute Gasteiger partial charge is 0.236 e. The van der Waals surface area contributed by atoms with Gasteiger partial charge in [0.15, 0.2) is 5.17 Å². The van der Waals surface area contributed by atoms with Crippen LogP contribution in [-0.2, 0) is 9.53 Å². The van der Waals surface area contributed by atoms with Crippen molar-refractivity contribution in [2.75, 3.05) is 45.1 Å². The van der Waals surface area contributed by atoms with Crippen LogP contribution in [0.5, 0.6) is 0 Å². The van der Waals surface area contributed by atoms with Crippen LogP contribution in [0.3, 0.4) is 0 Å². The van der Waals surface area contributed by atoms with E-state index < -0.39 is 0 Å². The number of hydrogen-bond acceptors (Lipinski definition) is 5. The molecule has 2 aliphatic rings. The maximum absolute atomic E-state index is 10.9. The molecule has 0 atom stereocenters. The Bertz CT molecular complexity index is 264. The molecular weight excluding hydrogens is 214 g/mol. The van der Waals surface area contributed by atoms with Gasteiger partial charge < -0.3 is 10.1 Å². The first-order chi connectivity index (χ1) is 7.34. The van der Waals surface area contributed by atoms with Gasteiger partial charge in [0.25, 0.3) is 0 Å². The number of aliphatic imine (C=N–C) groups is 1. The summed E-state index contributed by atoms with van der Waals surface area (Å²) in [6, 6.07) is 0. The molecule has 2 heterocycles. The van der Waals surface area contributed by atoms with Crippen LogP contribution in [0.25, 0.3) is 0 Å². The van der Waals surface area contributed by atoms with Gasteiger partial charge >= 0.3 is 0 Å². The second kappa shape index (κ2) is 5.48. The molecule has 0 saturated carbocycles. The van der Waals surface area contributed by atoms with Gasteiger partial charge in [0, 0.05) is 19.6 Å². The van der Waals surface area contributed by atoms with Crippen LogP contribution >= 0.6 is 11.8 Å². The van der Waals surface area contributed by atoms with Gasteiger partial charge in [-0.1, -0.05) is 11.8 Å². The van der Waals surface area contributed by atoms with Crippen molar-refractivity contribution in [2.45, 2.75) is 0 Å². The molecule has 1 amide bonds. The van der Waals surface area contributed by atoms with Gasteiger partial charge in [-0.05, 0) is 0 Å². The molecule has 0 spiro atoms. The van der Waals surface area contributed by atoms with Crippen LogP contribution in [0.4, 0.5) is 0 Å². The molecule has 84 valence electrons. The molecule has 2 aliphatic heterocycles. The number of amides is 1. The van der Waals surface area contributed by atoms with Crippen LogP contribution < -0.4 is 5.32 Å². The number of thioether (sulfide) groups is 1. The topological polar surface area (TPSA) is 53.9 Å². The molecule has 15 heavy (non-hydrogen) atoms. The first-order valence-electron chi connectivity index (χ1n) is 5.12. The third kappa shape index (κ3) is 3.48. The Morgan fingerprint density at radius 3 is 2.93 bits per heavy atom. The Morgan fingerprint density at radius 2 is 2.27 bits per heavy atom. The fourth-order valence-electron chi connectivity index (χ4n) is 1.53. The minimum atomic E-state index is 0.0603. The van der Waals surface area contributed by atoms with E-state index in [-0.39, 0.29) is 5.91 Å². The van der Waals surface area contributed by atoms with E-state index in [4.69, 9.17) is 4.74 Å². The second-order valence-corrected chi connectivity index (χ2v) is 4.44. The van der Waals surface area contributed by atoms with Crippen molar-refractivity contribution in [2.24, 2.45) is 4.99 Å². The quantitative estimate of drug-likeness (QED) is 0.711. The molecule has 2 rings (SSSR count). The first-order valence-corrected chi connectivity index (χ1v) is 6.10. The fraction of sp³-hybridized carbons (Fsp3) is 0.778. The number of rotatable bonds is 3. The fourth-order valence-corrected chi connectivity index (χ4v) is 2.24. The predicted molar refractivity (Wildman–Crippen MR) is 60.2 cm³/mol. The summed E-state index contributed by atoms with van der Waals surface area (Å²) < 4.78 is 5.25. The SMILES string of the molecule is O=C1CSC(=NCCN2CCOCC2)N1. The van der Waals surface area contributed by atoms with Crippen molar-refractivity contribution in [1.29, 1.82) is 0 Å². The Balaban J connectivity index is 1.67. The number of carbonyl (C=O) groups excluding carboxylic acids is 1. The van der Waals surface area contributed by atoms with Crippen molar-refractivity contribution < 1.29 is 9.53 Å². The van der Waals surface area contributed by atoms with Crippen molar-refractivity contribution in [3.05, 3.63) is 0 Å². The molecule has 1 N–H and O–H groups in total. The zero-order valence-corrected chi connectivity index (χ0v) is 9.39. The van der Waals surface area contributed by atoms with Gasteiger partial charge in [0.1, 0.15) is 0 Å². The van der Waals surface area contributed by atoms with E-state index in [1.54, 1.807) is 0 Å². The van der Waals surface area contributed by atoms with Crippen molar-refractivity contribution >= 4 is 22.8 Å². The number of nitrogens with zero attached hydrogens (tertiary/aromatic N) is 2. The average Bonchev–Trinajstić information content (AvgIpc) is 2.66. The van der Waals surface area contributed by atoms with Gasteiger partial charge in [0.05, 0.1) is 25.5 Å². The lowest BCUT2D eigenvalue weighted by atomic mass is 10.4. The monoisotopic (exact) mass is 229 g/mol. The third-order valence-corrected chi connectivity index (χ3v) is 3.27. The zero-order valence-electron chi connectivity index (χ0n) is 8.57. The lowest BCUT2D eigenvalue weighted by Crippen LogP contribution is -2.37. The molecule has 6 heteroatoms. The summed E-state index contributed by atoms with van der Waals surface area (Å²) in [7, 11) is 0. The van der Waals surface area contributed by atoms with E-state index >= 15 is 0 Å². The van der Waals surface area contributed by atoms with Gasteiger partial charge in [-0.2, -0.15) is 0 Å². The van der Waals surface area contributed by atoms with Crippen LogP contribution in [0.2, 0.25) is 0 Å². The molecular formula is C9H15N3O2S. The van der Waals surface area contributed by atoms with E-state index in [2.05, 4.69) is 15.2 Å². The van der Waals surface area contributed by atoms with Crippen LogP contribution in [0, 0.1) is 0 Å². The largest absolute Gasteiger partial charge is 0.379 e. The minimum absolute atomic E-state index is 0.0603. The average molecular weight is 229 g/mol. The molecule has 0 unspecified atom stereocenters. The maximum Gasteiger partial charge on any atom is 0.236 e. The first kappa shape index (κ1) is 10.9. The zero-order chi connectivity index (χ0) is 10.5. The number of hydrogen-bond donors (Lipinski definition) is 1. The van der Waals surface area contributed by atoms with Crippen molar-refractivity contribution in [3.63, 3.8) is 0 Å². The molecule has 0 bridgehead atoms. The van der Waals surface area contributed by atoms with E-state index in [9.17, 15) is 4.79 Å². The number of carbonyl (C=O) groups is 1. The standard InChI is InChI=1S/C9H15N3O2S/c13-8-7-15-9(11-8)10-1-2-12-3-5-14-6-4-12/h1-7H2,(H,10,11,13). The summed E-state index contributed by atoms with van der Waals surface area (Å²) in [6.07, 6.45) is 0. The lowest BCUT2D eigenvalue weighted by Gasteiger charge is -2.25. The normalized spacial score (nSPS) is 25.9. The molecule has 0 aromatic rings. The van der Waals surface area contributed by atoms with E-state index in [0.717, 1.165) is 44.6 Å². The Hall–Kier alpha value is -0.590. The van der Waals surface area contributed by atoms with E-state index in [0.29, 0.717) is 5.75 Å². The van der Waals surface area contributed by atoms with Gasteiger partial charge in [0.2, 0.25) is 5.91 Å². The van der Waals surface area contributed by atoms with E-state index in [1.165, 1.54) is 11.8 Å². The Labute approximate surface area is 93.3 Å². The summed E-state index contributed by atoms with van der Waals surface area (Å²) in [6.45, 7) is 5.32. The Morgan fingerprint density at radius 1 is 1.47 bits per heavy atom. The van der Waals surface area contributed by atoms with E-state index in [1.807, 2.05) is 0 Å². The molecule has 0 radical (unpaired) electrons. The summed E-state index contributed by atoms with van der Waals surface area (Å²) >= 11 is 1.48. The number of amidine groups is 1. The molecule has 0 aromatic heterocycles. The second-order valence-electron chi connectivity index (χ2n) is 3.48. The third-order valence-electron chi connectivity index (χ3n) is 2.36. The molecule has 5 nitrogen and oxygen atoms in total. The maximum atomic E-state index is 10.9.